The lowest BCUT2D eigenvalue weighted by atomic mass is 10.1. The molecule has 0 spiro atoms. The fraction of sp³-hybridized carbons (Fsp3) is 0.545. The topological polar surface area (TPSA) is 149 Å². The van der Waals surface area contributed by atoms with E-state index in [4.69, 9.17) is 19.1 Å². The first-order valence-electron chi connectivity index (χ1n) is 19.9. The second-order valence-electron chi connectivity index (χ2n) is 12.6. The molecule has 310 valence electrons. The van der Waals surface area contributed by atoms with Crippen LogP contribution in [0.1, 0.15) is 117 Å². The maximum atomic E-state index is 12.6. The van der Waals surface area contributed by atoms with Crippen molar-refractivity contribution >= 4 is 19.8 Å². The minimum atomic E-state index is -4.64. The largest absolute Gasteiger partial charge is 0.472 e. The van der Waals surface area contributed by atoms with Crippen molar-refractivity contribution in [3.8, 4) is 0 Å². The molecule has 0 saturated carbocycles. The van der Waals surface area contributed by atoms with Crippen LogP contribution in [0.3, 0.4) is 0 Å². The molecule has 0 aromatic rings. The lowest BCUT2D eigenvalue weighted by Crippen LogP contribution is -2.29. The van der Waals surface area contributed by atoms with Gasteiger partial charge in [-0.1, -0.05) is 142 Å². The Labute approximate surface area is 331 Å². The van der Waals surface area contributed by atoms with Gasteiger partial charge in [-0.05, 0) is 70.6 Å². The molecule has 55 heavy (non-hydrogen) atoms. The summed E-state index contributed by atoms with van der Waals surface area (Å²) in [5, 5.41) is 18.3. The first-order valence-corrected chi connectivity index (χ1v) is 21.4. The van der Waals surface area contributed by atoms with Crippen molar-refractivity contribution in [1.82, 2.24) is 0 Å². The highest BCUT2D eigenvalue weighted by Crippen LogP contribution is 2.43. The number of hydrogen-bond acceptors (Lipinski definition) is 9. The molecule has 0 aliphatic rings. The second-order valence-corrected chi connectivity index (χ2v) is 14.1. The maximum Gasteiger partial charge on any atom is 0.472 e. The molecule has 0 bridgehead atoms. The maximum absolute atomic E-state index is 12.6. The molecular weight excluding hydrogens is 719 g/mol. The van der Waals surface area contributed by atoms with Crippen LogP contribution in [0.15, 0.2) is 109 Å². The summed E-state index contributed by atoms with van der Waals surface area (Å²) >= 11 is 0. The molecule has 3 N–H and O–H groups in total. The zero-order valence-corrected chi connectivity index (χ0v) is 34.2. The Balaban J connectivity index is 4.51. The summed E-state index contributed by atoms with van der Waals surface area (Å²) in [4.78, 5) is 34.9. The fourth-order valence-corrected chi connectivity index (χ4v) is 5.30. The van der Waals surface area contributed by atoms with Crippen LogP contribution >= 0.6 is 7.82 Å². The van der Waals surface area contributed by atoms with Gasteiger partial charge in [0, 0.05) is 12.8 Å². The van der Waals surface area contributed by atoms with Gasteiger partial charge in [0.1, 0.15) is 12.7 Å². The molecule has 1 unspecified atom stereocenters. The summed E-state index contributed by atoms with van der Waals surface area (Å²) in [5.74, 6) is -1.04. The van der Waals surface area contributed by atoms with Crippen molar-refractivity contribution < 1.29 is 47.8 Å². The number of esters is 2. The molecule has 0 saturated heterocycles. The van der Waals surface area contributed by atoms with Crippen molar-refractivity contribution in [3.63, 3.8) is 0 Å². The SMILES string of the molecule is CC/C=C/C=C/C=C/C=C/CCCCCCCC(=O)O[C@H](COC(=O)CCC/C=C/C/C=C/C/C=C/C/C=C/C/C=C/CC)COP(=O)(O)OC[C@@H](O)CO. The lowest BCUT2D eigenvalue weighted by molar-refractivity contribution is -0.161. The number of ether oxygens (including phenoxy) is 2. The predicted octanol–water partition coefficient (Wildman–Crippen LogP) is 10.2. The third-order valence-electron chi connectivity index (χ3n) is 7.52. The van der Waals surface area contributed by atoms with Gasteiger partial charge < -0.3 is 24.6 Å². The summed E-state index contributed by atoms with van der Waals surface area (Å²) in [5.41, 5.74) is 0. The van der Waals surface area contributed by atoms with Gasteiger partial charge in [-0.3, -0.25) is 18.6 Å². The first-order chi connectivity index (χ1) is 26.7. The molecular formula is C44H69O10P. The quantitative estimate of drug-likeness (QED) is 0.0186. The highest BCUT2D eigenvalue weighted by Gasteiger charge is 2.27. The first kappa shape index (κ1) is 51.6. The zero-order valence-electron chi connectivity index (χ0n) is 33.3. The van der Waals surface area contributed by atoms with Crippen molar-refractivity contribution in [2.45, 2.75) is 129 Å². The Morgan fingerprint density at radius 2 is 1.05 bits per heavy atom. The van der Waals surface area contributed by atoms with Crippen LogP contribution in [0.25, 0.3) is 0 Å². The van der Waals surface area contributed by atoms with Gasteiger partial charge in [0.05, 0.1) is 19.8 Å². The van der Waals surface area contributed by atoms with Crippen molar-refractivity contribution in [1.29, 1.82) is 0 Å². The molecule has 0 aromatic carbocycles. The summed E-state index contributed by atoms with van der Waals surface area (Å²) < 4.78 is 32.6. The average molecular weight is 789 g/mol. The smallest absolute Gasteiger partial charge is 0.462 e. The monoisotopic (exact) mass is 788 g/mol. The van der Waals surface area contributed by atoms with E-state index in [9.17, 15) is 24.2 Å². The van der Waals surface area contributed by atoms with Gasteiger partial charge in [-0.25, -0.2) is 4.57 Å². The van der Waals surface area contributed by atoms with Crippen LogP contribution in [0.5, 0.6) is 0 Å². The van der Waals surface area contributed by atoms with E-state index in [1.165, 1.54) is 0 Å². The number of allylic oxidation sites excluding steroid dienone is 18. The Bertz CT molecular complexity index is 1270. The van der Waals surface area contributed by atoms with Gasteiger partial charge >= 0.3 is 19.8 Å². The molecule has 0 aromatic heterocycles. The number of rotatable bonds is 35. The molecule has 3 atom stereocenters. The summed E-state index contributed by atoms with van der Waals surface area (Å²) in [6.45, 7) is 1.99. The van der Waals surface area contributed by atoms with Crippen LogP contribution < -0.4 is 0 Å². The van der Waals surface area contributed by atoms with E-state index in [1.54, 1.807) is 0 Å². The number of aliphatic hydroxyl groups is 2. The minimum Gasteiger partial charge on any atom is -0.462 e. The lowest BCUT2D eigenvalue weighted by Gasteiger charge is -2.20. The Hall–Kier alpha value is -3.37. The Morgan fingerprint density at radius 1 is 0.564 bits per heavy atom. The van der Waals surface area contributed by atoms with Gasteiger partial charge in [-0.2, -0.15) is 0 Å². The third-order valence-corrected chi connectivity index (χ3v) is 8.47. The van der Waals surface area contributed by atoms with Gasteiger partial charge in [0.25, 0.3) is 0 Å². The zero-order chi connectivity index (χ0) is 40.5. The van der Waals surface area contributed by atoms with Crippen molar-refractivity contribution in [2.24, 2.45) is 0 Å². The third kappa shape index (κ3) is 38.7. The second kappa shape index (κ2) is 38.9. The minimum absolute atomic E-state index is 0.138. The number of carbonyl (C=O) groups excluding carboxylic acids is 2. The van der Waals surface area contributed by atoms with Crippen molar-refractivity contribution in [2.75, 3.05) is 26.4 Å². The summed E-state index contributed by atoms with van der Waals surface area (Å²) in [6, 6.07) is 0. The summed E-state index contributed by atoms with van der Waals surface area (Å²) in [7, 11) is -4.64. The summed E-state index contributed by atoms with van der Waals surface area (Å²) in [6.07, 6.45) is 47.8. The Morgan fingerprint density at radius 3 is 1.67 bits per heavy atom. The van der Waals surface area contributed by atoms with E-state index in [1.807, 2.05) is 48.6 Å². The van der Waals surface area contributed by atoms with E-state index in [0.717, 1.165) is 70.6 Å². The normalized spacial score (nSPS) is 15.1. The van der Waals surface area contributed by atoms with Gasteiger partial charge in [0.15, 0.2) is 6.10 Å². The predicted molar refractivity (Wildman–Crippen MR) is 223 cm³/mol. The fourth-order valence-electron chi connectivity index (χ4n) is 4.51. The number of phosphoric acid groups is 1. The van der Waals surface area contributed by atoms with Crippen molar-refractivity contribution in [3.05, 3.63) is 109 Å². The molecule has 0 aliphatic carbocycles. The molecule has 0 fully saturated rings. The Kier molecular flexibility index (Phi) is 36.5. The molecule has 0 aliphatic heterocycles. The number of aliphatic hydroxyl groups excluding tert-OH is 2. The van der Waals surface area contributed by atoms with E-state index >= 15 is 0 Å². The van der Waals surface area contributed by atoms with E-state index < -0.39 is 51.8 Å². The molecule has 0 amide bonds. The van der Waals surface area contributed by atoms with Gasteiger partial charge in [0.2, 0.25) is 0 Å². The number of carbonyl (C=O) groups is 2. The van der Waals surface area contributed by atoms with Crippen LogP contribution in [-0.4, -0.2) is 65.7 Å². The van der Waals surface area contributed by atoms with E-state index in [0.29, 0.717) is 19.3 Å². The van der Waals surface area contributed by atoms with Crippen LogP contribution in [0.2, 0.25) is 0 Å². The van der Waals surface area contributed by atoms with Crippen LogP contribution in [0.4, 0.5) is 0 Å². The van der Waals surface area contributed by atoms with Crippen LogP contribution in [-0.2, 0) is 32.7 Å². The molecule has 10 nitrogen and oxygen atoms in total. The van der Waals surface area contributed by atoms with E-state index in [2.05, 4.69) is 79.1 Å². The highest BCUT2D eigenvalue weighted by atomic mass is 31.2. The molecule has 0 radical (unpaired) electrons. The average Bonchev–Trinajstić information content (AvgIpc) is 3.17. The van der Waals surface area contributed by atoms with Crippen LogP contribution in [0, 0.1) is 0 Å². The standard InChI is InChI=1S/C44H69O10P/c1-3-5-7-9-11-13-15-17-19-20-22-23-25-27-29-31-33-35-43(47)51-39-42(40-53-55(49,50)52-38-41(46)37-45)54-44(48)36-34-32-30-28-26-24-21-18-16-14-12-10-8-6-4-2/h5-8,10-14,16-19,21-23,27,29,41-42,45-46H,3-4,9,15,20,24-26,28,30-40H2,1-2H3,(H,49,50)/b7-5+,8-6+,12-10+,13-11+,16-14+,19-17+,21-18+,23-22+,29-27+/t41-,42+/m0/s1. The van der Waals surface area contributed by atoms with E-state index in [-0.39, 0.29) is 19.4 Å². The number of phosphoric ester groups is 1. The highest BCUT2D eigenvalue weighted by molar-refractivity contribution is 7.47. The molecule has 0 heterocycles. The molecule has 11 heteroatoms. The molecule has 0 rings (SSSR count). The number of unbranched alkanes of at least 4 members (excludes halogenated alkanes) is 6. The number of hydrogen-bond donors (Lipinski definition) is 3. The van der Waals surface area contributed by atoms with Gasteiger partial charge in [-0.15, -0.1) is 0 Å².